The Morgan fingerprint density at radius 1 is 0.935 bits per heavy atom. The molecule has 0 saturated carbocycles. The lowest BCUT2D eigenvalue weighted by atomic mass is 10.1. The minimum Gasteiger partial charge on any atom is -0.379 e. The minimum absolute atomic E-state index is 0.120. The second-order valence-electron chi connectivity index (χ2n) is 7.36. The molecule has 1 aliphatic heterocycles. The van der Waals surface area contributed by atoms with Gasteiger partial charge in [-0.05, 0) is 41.3 Å². The molecule has 1 atom stereocenters. The van der Waals surface area contributed by atoms with Crippen LogP contribution in [0, 0.1) is 0 Å². The number of hydrogen-bond acceptors (Lipinski definition) is 5. The van der Waals surface area contributed by atoms with Gasteiger partial charge in [-0.25, -0.2) is 0 Å². The van der Waals surface area contributed by atoms with E-state index in [2.05, 4.69) is 15.5 Å². The molecule has 4 rings (SSSR count). The molecule has 1 fully saturated rings. The topological polar surface area (TPSA) is 70.7 Å². The molecule has 2 heterocycles. The van der Waals surface area contributed by atoms with Gasteiger partial charge in [0.2, 0.25) is 0 Å². The van der Waals surface area contributed by atoms with Crippen LogP contribution in [-0.4, -0.2) is 49.6 Å². The van der Waals surface area contributed by atoms with Gasteiger partial charge in [0.25, 0.3) is 11.8 Å². The molecular formula is C24H25N3O3S. The maximum Gasteiger partial charge on any atom is 0.265 e. The van der Waals surface area contributed by atoms with Crippen LogP contribution in [0.25, 0.3) is 0 Å². The molecule has 2 amide bonds. The Kier molecular flexibility index (Phi) is 7.09. The first-order chi connectivity index (χ1) is 15.2. The number of nitrogens with one attached hydrogen (secondary N) is 2. The smallest absolute Gasteiger partial charge is 0.265 e. The van der Waals surface area contributed by atoms with E-state index in [1.807, 2.05) is 41.8 Å². The van der Waals surface area contributed by atoms with Crippen LogP contribution in [0.2, 0.25) is 0 Å². The van der Waals surface area contributed by atoms with E-state index in [0.29, 0.717) is 29.3 Å². The van der Waals surface area contributed by atoms with Gasteiger partial charge >= 0.3 is 0 Å². The molecule has 31 heavy (non-hydrogen) atoms. The third-order valence-corrected chi connectivity index (χ3v) is 6.07. The fraction of sp³-hybridized carbons (Fsp3) is 0.250. The molecule has 0 aliphatic carbocycles. The first kappa shape index (κ1) is 21.2. The molecule has 1 saturated heterocycles. The first-order valence-electron chi connectivity index (χ1n) is 10.3. The van der Waals surface area contributed by atoms with E-state index in [9.17, 15) is 9.59 Å². The quantitative estimate of drug-likeness (QED) is 0.592. The van der Waals surface area contributed by atoms with Crippen molar-refractivity contribution in [3.63, 3.8) is 0 Å². The predicted molar refractivity (Wildman–Crippen MR) is 123 cm³/mol. The van der Waals surface area contributed by atoms with Crippen molar-refractivity contribution < 1.29 is 14.3 Å². The molecule has 0 unspecified atom stereocenters. The minimum atomic E-state index is -0.151. The summed E-state index contributed by atoms with van der Waals surface area (Å²) < 4.78 is 5.44. The Hall–Kier alpha value is -3.00. The molecule has 0 spiro atoms. The van der Waals surface area contributed by atoms with Gasteiger partial charge in [0.05, 0.1) is 24.1 Å². The van der Waals surface area contributed by atoms with Crippen LogP contribution in [0.4, 0.5) is 5.69 Å². The average molecular weight is 436 g/mol. The summed E-state index contributed by atoms with van der Waals surface area (Å²) in [5.74, 6) is -0.292. The summed E-state index contributed by atoms with van der Waals surface area (Å²) in [6.45, 7) is 3.88. The lowest BCUT2D eigenvalue weighted by molar-refractivity contribution is 0.0332. The van der Waals surface area contributed by atoms with E-state index < -0.39 is 0 Å². The molecular weight excluding hydrogens is 410 g/mol. The summed E-state index contributed by atoms with van der Waals surface area (Å²) in [7, 11) is 0. The average Bonchev–Trinajstić information content (AvgIpc) is 3.36. The Balaban J connectivity index is 1.42. The van der Waals surface area contributed by atoms with E-state index in [1.165, 1.54) is 11.3 Å². The lowest BCUT2D eigenvalue weighted by Gasteiger charge is -2.31. The van der Waals surface area contributed by atoms with Crippen molar-refractivity contribution in [3.8, 4) is 0 Å². The Bertz CT molecular complexity index is 985. The molecule has 1 aliphatic rings. The predicted octanol–water partition coefficient (Wildman–Crippen LogP) is 3.80. The van der Waals surface area contributed by atoms with Crippen LogP contribution in [0.1, 0.15) is 31.6 Å². The number of hydrogen-bond donors (Lipinski definition) is 2. The maximum absolute atomic E-state index is 13.0. The molecule has 160 valence electrons. The number of ether oxygens (including phenoxy) is 1. The van der Waals surface area contributed by atoms with E-state index in [4.69, 9.17) is 4.74 Å². The van der Waals surface area contributed by atoms with E-state index in [-0.39, 0.29) is 17.9 Å². The zero-order chi connectivity index (χ0) is 21.5. The standard InChI is InChI=1S/C24H25N3O3S/c28-23(19-8-10-20(11-9-19)25-24(29)22-7-4-16-31-22)26-21(18-5-2-1-3-6-18)17-27-12-14-30-15-13-27/h1-11,16,21H,12-15,17H2,(H,25,29)(H,26,28)/t21-/m0/s1. The molecule has 0 bridgehead atoms. The van der Waals surface area contributed by atoms with Crippen molar-refractivity contribution in [1.82, 2.24) is 10.2 Å². The normalized spacial score (nSPS) is 15.2. The summed E-state index contributed by atoms with van der Waals surface area (Å²) in [5, 5.41) is 7.89. The fourth-order valence-electron chi connectivity index (χ4n) is 3.51. The highest BCUT2D eigenvalue weighted by atomic mass is 32.1. The van der Waals surface area contributed by atoms with Crippen molar-refractivity contribution in [2.75, 3.05) is 38.2 Å². The van der Waals surface area contributed by atoms with Gasteiger partial charge in [-0.2, -0.15) is 0 Å². The first-order valence-corrected chi connectivity index (χ1v) is 11.2. The van der Waals surface area contributed by atoms with Crippen LogP contribution >= 0.6 is 11.3 Å². The van der Waals surface area contributed by atoms with Crippen molar-refractivity contribution in [1.29, 1.82) is 0 Å². The van der Waals surface area contributed by atoms with Crippen LogP contribution in [0.5, 0.6) is 0 Å². The largest absolute Gasteiger partial charge is 0.379 e. The molecule has 2 N–H and O–H groups in total. The molecule has 6 nitrogen and oxygen atoms in total. The number of carbonyl (C=O) groups excluding carboxylic acids is 2. The highest BCUT2D eigenvalue weighted by Crippen LogP contribution is 2.18. The number of thiophene rings is 1. The van der Waals surface area contributed by atoms with Gasteiger partial charge in [-0.3, -0.25) is 14.5 Å². The number of nitrogens with zero attached hydrogens (tertiary/aromatic N) is 1. The third-order valence-electron chi connectivity index (χ3n) is 5.20. The van der Waals surface area contributed by atoms with Gasteiger partial charge in [-0.15, -0.1) is 11.3 Å². The SMILES string of the molecule is O=C(N[C@@H](CN1CCOCC1)c1ccccc1)c1ccc(NC(=O)c2cccs2)cc1. The van der Waals surface area contributed by atoms with Crippen LogP contribution < -0.4 is 10.6 Å². The molecule has 3 aromatic rings. The second kappa shape index (κ2) is 10.3. The van der Waals surface area contributed by atoms with E-state index in [1.54, 1.807) is 30.3 Å². The van der Waals surface area contributed by atoms with Crippen LogP contribution in [-0.2, 0) is 4.74 Å². The van der Waals surface area contributed by atoms with Gasteiger partial charge < -0.3 is 15.4 Å². The van der Waals surface area contributed by atoms with Gasteiger partial charge in [0.1, 0.15) is 0 Å². The number of rotatable bonds is 7. The molecule has 7 heteroatoms. The van der Waals surface area contributed by atoms with Crippen molar-refractivity contribution in [3.05, 3.63) is 88.1 Å². The highest BCUT2D eigenvalue weighted by molar-refractivity contribution is 7.12. The van der Waals surface area contributed by atoms with Gasteiger partial charge in [0, 0.05) is 30.9 Å². The summed E-state index contributed by atoms with van der Waals surface area (Å²) in [5.41, 5.74) is 2.28. The second-order valence-corrected chi connectivity index (χ2v) is 8.31. The number of carbonyl (C=O) groups is 2. The molecule has 2 aromatic carbocycles. The third kappa shape index (κ3) is 5.79. The van der Waals surface area contributed by atoms with Crippen molar-refractivity contribution >= 4 is 28.8 Å². The van der Waals surface area contributed by atoms with Crippen LogP contribution in [0.15, 0.2) is 72.1 Å². The Morgan fingerprint density at radius 3 is 2.35 bits per heavy atom. The van der Waals surface area contributed by atoms with Gasteiger partial charge in [-0.1, -0.05) is 36.4 Å². The molecule has 1 aromatic heterocycles. The van der Waals surface area contributed by atoms with Crippen LogP contribution in [0.3, 0.4) is 0 Å². The van der Waals surface area contributed by atoms with Crippen molar-refractivity contribution in [2.45, 2.75) is 6.04 Å². The maximum atomic E-state index is 13.0. The van der Waals surface area contributed by atoms with E-state index >= 15 is 0 Å². The fourth-order valence-corrected chi connectivity index (χ4v) is 4.13. The number of morpholine rings is 1. The zero-order valence-electron chi connectivity index (χ0n) is 17.1. The summed E-state index contributed by atoms with van der Waals surface area (Å²) >= 11 is 1.39. The number of amides is 2. The zero-order valence-corrected chi connectivity index (χ0v) is 17.9. The number of benzene rings is 2. The Morgan fingerprint density at radius 2 is 1.68 bits per heavy atom. The van der Waals surface area contributed by atoms with E-state index in [0.717, 1.165) is 25.2 Å². The Labute approximate surface area is 185 Å². The number of anilines is 1. The summed E-state index contributed by atoms with van der Waals surface area (Å²) in [6, 6.07) is 20.5. The monoisotopic (exact) mass is 435 g/mol. The molecule has 0 radical (unpaired) electrons. The summed E-state index contributed by atoms with van der Waals surface area (Å²) in [4.78, 5) is 28.1. The van der Waals surface area contributed by atoms with Gasteiger partial charge in [0.15, 0.2) is 0 Å². The summed E-state index contributed by atoms with van der Waals surface area (Å²) in [6.07, 6.45) is 0. The highest BCUT2D eigenvalue weighted by Gasteiger charge is 2.20. The van der Waals surface area contributed by atoms with Crippen molar-refractivity contribution in [2.24, 2.45) is 0 Å². The lowest BCUT2D eigenvalue weighted by Crippen LogP contribution is -2.43.